The summed E-state index contributed by atoms with van der Waals surface area (Å²) >= 11 is 0. The SMILES string of the molecule is CC(C)(C)N(CC(=O)N1CC(F)(F)C[C@H]1C(N)=O)C(=O)[O-]. The highest BCUT2D eigenvalue weighted by Gasteiger charge is 2.49. The largest absolute Gasteiger partial charge is 0.530 e. The van der Waals surface area contributed by atoms with Crippen LogP contribution in [-0.4, -0.2) is 58.3 Å². The van der Waals surface area contributed by atoms with Gasteiger partial charge in [0.1, 0.15) is 12.1 Å². The van der Waals surface area contributed by atoms with Gasteiger partial charge in [-0.05, 0) is 20.8 Å². The quantitative estimate of drug-likeness (QED) is 0.733. The van der Waals surface area contributed by atoms with Gasteiger partial charge in [-0.15, -0.1) is 0 Å². The molecule has 0 bridgehead atoms. The van der Waals surface area contributed by atoms with Gasteiger partial charge < -0.3 is 25.4 Å². The third kappa shape index (κ3) is 4.02. The van der Waals surface area contributed by atoms with Crippen LogP contribution in [0.3, 0.4) is 0 Å². The predicted molar refractivity (Wildman–Crippen MR) is 66.1 cm³/mol. The van der Waals surface area contributed by atoms with Crippen LogP contribution in [0.25, 0.3) is 0 Å². The number of carbonyl (C=O) groups is 3. The summed E-state index contributed by atoms with van der Waals surface area (Å²) < 4.78 is 26.7. The number of hydrogen-bond donors (Lipinski definition) is 1. The van der Waals surface area contributed by atoms with Crippen molar-refractivity contribution in [2.45, 2.75) is 44.7 Å². The van der Waals surface area contributed by atoms with Gasteiger partial charge in [0.15, 0.2) is 0 Å². The first-order chi connectivity index (χ1) is 9.35. The molecule has 2 N–H and O–H groups in total. The molecule has 1 heterocycles. The van der Waals surface area contributed by atoms with Crippen LogP contribution in [0.5, 0.6) is 0 Å². The van der Waals surface area contributed by atoms with Crippen molar-refractivity contribution in [3.63, 3.8) is 0 Å². The predicted octanol–water partition coefficient (Wildman–Crippen LogP) is -0.848. The molecule has 9 heteroatoms. The summed E-state index contributed by atoms with van der Waals surface area (Å²) in [4.78, 5) is 35.6. The number of carbonyl (C=O) groups excluding carboxylic acids is 3. The first kappa shape index (κ1) is 17.1. The zero-order valence-electron chi connectivity index (χ0n) is 12.1. The van der Waals surface area contributed by atoms with Crippen molar-refractivity contribution in [2.24, 2.45) is 5.73 Å². The molecule has 1 saturated heterocycles. The maximum Gasteiger partial charge on any atom is 0.267 e. The number of likely N-dealkylation sites (tertiary alicyclic amines) is 1. The van der Waals surface area contributed by atoms with Crippen LogP contribution in [0.2, 0.25) is 0 Å². The Balaban J connectivity index is 2.91. The number of halogens is 2. The van der Waals surface area contributed by atoms with Gasteiger partial charge in [-0.25, -0.2) is 8.78 Å². The molecule has 0 aromatic rings. The van der Waals surface area contributed by atoms with Crippen molar-refractivity contribution >= 4 is 17.9 Å². The van der Waals surface area contributed by atoms with E-state index in [9.17, 15) is 28.3 Å². The van der Waals surface area contributed by atoms with E-state index in [4.69, 9.17) is 5.73 Å². The fourth-order valence-corrected chi connectivity index (χ4v) is 2.13. The normalized spacial score (nSPS) is 21.2. The molecule has 1 fully saturated rings. The Morgan fingerprint density at radius 3 is 2.29 bits per heavy atom. The molecule has 0 aromatic carbocycles. The third-order valence-corrected chi connectivity index (χ3v) is 3.24. The highest BCUT2D eigenvalue weighted by Crippen LogP contribution is 2.32. The molecule has 120 valence electrons. The summed E-state index contributed by atoms with van der Waals surface area (Å²) in [6.07, 6.45) is -2.45. The van der Waals surface area contributed by atoms with Gasteiger partial charge in [-0.1, -0.05) is 0 Å². The zero-order valence-corrected chi connectivity index (χ0v) is 12.1. The lowest BCUT2D eigenvalue weighted by molar-refractivity contribution is -0.270. The van der Waals surface area contributed by atoms with Crippen LogP contribution in [0.15, 0.2) is 0 Å². The Hall–Kier alpha value is -1.93. The molecule has 7 nitrogen and oxygen atoms in total. The van der Waals surface area contributed by atoms with Crippen molar-refractivity contribution < 1.29 is 28.3 Å². The number of carboxylic acid groups (broad SMARTS) is 1. The molecular formula is C12H18F2N3O4-. The maximum absolute atomic E-state index is 13.4. The number of rotatable bonds is 3. The summed E-state index contributed by atoms with van der Waals surface area (Å²) in [5, 5.41) is 11.0. The number of alkyl halides is 2. The van der Waals surface area contributed by atoms with Gasteiger partial charge in [-0.3, -0.25) is 9.59 Å². The molecule has 0 aliphatic carbocycles. The Labute approximate surface area is 120 Å². The summed E-state index contributed by atoms with van der Waals surface area (Å²) in [5.74, 6) is -5.17. The zero-order chi connectivity index (χ0) is 16.6. The lowest BCUT2D eigenvalue weighted by Crippen LogP contribution is -2.56. The maximum atomic E-state index is 13.4. The first-order valence-electron chi connectivity index (χ1n) is 6.30. The van der Waals surface area contributed by atoms with Crippen molar-refractivity contribution in [3.05, 3.63) is 0 Å². The lowest BCUT2D eigenvalue weighted by Gasteiger charge is -2.38. The topological polar surface area (TPSA) is 107 Å². The highest BCUT2D eigenvalue weighted by molar-refractivity contribution is 5.89. The molecule has 0 unspecified atom stereocenters. The fourth-order valence-electron chi connectivity index (χ4n) is 2.13. The van der Waals surface area contributed by atoms with Crippen LogP contribution in [0.1, 0.15) is 27.2 Å². The van der Waals surface area contributed by atoms with Gasteiger partial charge in [0.25, 0.3) is 5.92 Å². The molecule has 21 heavy (non-hydrogen) atoms. The Morgan fingerprint density at radius 2 is 1.90 bits per heavy atom. The Kier molecular flexibility index (Phi) is 4.45. The standard InChI is InChI=1S/C12H19F2N3O4/c1-11(2,3)17(10(20)21)5-8(18)16-6-12(13,14)4-7(16)9(15)19/h7H,4-6H2,1-3H3,(H2,15,19)(H,20,21)/p-1/t7-/m0/s1. The van der Waals surface area contributed by atoms with E-state index < -0.39 is 54.9 Å². The van der Waals surface area contributed by atoms with Crippen LogP contribution < -0.4 is 10.8 Å². The van der Waals surface area contributed by atoms with Gasteiger partial charge in [0, 0.05) is 12.0 Å². The first-order valence-corrected chi connectivity index (χ1v) is 6.30. The summed E-state index contributed by atoms with van der Waals surface area (Å²) in [5.41, 5.74) is 4.07. The minimum atomic E-state index is -3.22. The van der Waals surface area contributed by atoms with E-state index in [-0.39, 0.29) is 0 Å². The van der Waals surface area contributed by atoms with Crippen LogP contribution in [0, 0.1) is 0 Å². The molecule has 0 aromatic heterocycles. The van der Waals surface area contributed by atoms with Crippen LogP contribution >= 0.6 is 0 Å². The molecular weight excluding hydrogens is 288 g/mol. The average molecular weight is 306 g/mol. The highest BCUT2D eigenvalue weighted by atomic mass is 19.3. The monoisotopic (exact) mass is 306 g/mol. The van der Waals surface area contributed by atoms with Crippen LogP contribution in [-0.2, 0) is 9.59 Å². The third-order valence-electron chi connectivity index (χ3n) is 3.24. The van der Waals surface area contributed by atoms with E-state index in [1.165, 1.54) is 20.8 Å². The Morgan fingerprint density at radius 1 is 1.38 bits per heavy atom. The van der Waals surface area contributed by atoms with Gasteiger partial charge in [0.05, 0.1) is 13.1 Å². The van der Waals surface area contributed by atoms with Crippen molar-refractivity contribution in [1.82, 2.24) is 9.80 Å². The lowest BCUT2D eigenvalue weighted by atomic mass is 10.1. The minimum Gasteiger partial charge on any atom is -0.530 e. The van der Waals surface area contributed by atoms with Gasteiger partial charge >= 0.3 is 0 Å². The summed E-state index contributed by atoms with van der Waals surface area (Å²) in [7, 11) is 0. The molecule has 3 amide bonds. The molecule has 0 saturated carbocycles. The minimum absolute atomic E-state index is 0.629. The second-order valence-electron chi connectivity index (χ2n) is 6.02. The molecule has 1 aliphatic heterocycles. The molecule has 1 aliphatic rings. The number of primary amides is 1. The van der Waals surface area contributed by atoms with Gasteiger partial charge in [0.2, 0.25) is 11.8 Å². The number of amides is 3. The average Bonchev–Trinajstić information content (AvgIpc) is 2.60. The molecule has 1 rings (SSSR count). The summed E-state index contributed by atoms with van der Waals surface area (Å²) in [6, 6.07) is -1.43. The van der Waals surface area contributed by atoms with Crippen molar-refractivity contribution in [1.29, 1.82) is 0 Å². The fraction of sp³-hybridized carbons (Fsp3) is 0.750. The van der Waals surface area contributed by atoms with Crippen molar-refractivity contribution in [3.8, 4) is 0 Å². The van der Waals surface area contributed by atoms with E-state index in [0.29, 0.717) is 9.80 Å². The van der Waals surface area contributed by atoms with Crippen LogP contribution in [0.4, 0.5) is 13.6 Å². The number of nitrogens with zero attached hydrogens (tertiary/aromatic N) is 2. The molecule has 0 radical (unpaired) electrons. The van der Waals surface area contributed by atoms with E-state index >= 15 is 0 Å². The second-order valence-corrected chi connectivity index (χ2v) is 6.02. The Bertz CT molecular complexity index is 462. The molecule has 1 atom stereocenters. The van der Waals surface area contributed by atoms with E-state index in [1.807, 2.05) is 0 Å². The second kappa shape index (κ2) is 5.45. The van der Waals surface area contributed by atoms with Gasteiger partial charge in [-0.2, -0.15) is 0 Å². The van der Waals surface area contributed by atoms with E-state index in [1.54, 1.807) is 0 Å². The van der Waals surface area contributed by atoms with E-state index in [2.05, 4.69) is 0 Å². The van der Waals surface area contributed by atoms with Crippen molar-refractivity contribution in [2.75, 3.05) is 13.1 Å². The number of hydrogen-bond acceptors (Lipinski definition) is 4. The number of nitrogens with two attached hydrogens (primary N) is 1. The smallest absolute Gasteiger partial charge is 0.267 e. The summed E-state index contributed by atoms with van der Waals surface area (Å²) in [6.45, 7) is 2.96. The van der Waals surface area contributed by atoms with E-state index in [0.717, 1.165) is 0 Å². The molecule has 0 spiro atoms.